The highest BCUT2D eigenvalue weighted by Gasteiger charge is 2.13. The Balaban J connectivity index is 2.11. The van der Waals surface area contributed by atoms with Gasteiger partial charge in [-0.05, 0) is 42.0 Å². The SMILES string of the molecule is COc1ccc(CNS(=O)(=O)c2ccc(Br)cc2)cc1N. The summed E-state index contributed by atoms with van der Waals surface area (Å²) in [6, 6.07) is 11.6. The number of hydrogen-bond donors (Lipinski definition) is 2. The van der Waals surface area contributed by atoms with E-state index in [1.807, 2.05) is 0 Å². The van der Waals surface area contributed by atoms with Crippen LogP contribution >= 0.6 is 15.9 Å². The monoisotopic (exact) mass is 370 g/mol. The zero-order chi connectivity index (χ0) is 15.5. The van der Waals surface area contributed by atoms with Gasteiger partial charge >= 0.3 is 0 Å². The first-order chi connectivity index (χ1) is 9.92. The van der Waals surface area contributed by atoms with Crippen molar-refractivity contribution in [2.24, 2.45) is 0 Å². The van der Waals surface area contributed by atoms with Crippen LogP contribution in [0.1, 0.15) is 5.56 Å². The lowest BCUT2D eigenvalue weighted by Crippen LogP contribution is -2.23. The zero-order valence-corrected chi connectivity index (χ0v) is 13.7. The quantitative estimate of drug-likeness (QED) is 0.792. The molecule has 5 nitrogen and oxygen atoms in total. The minimum Gasteiger partial charge on any atom is -0.495 e. The van der Waals surface area contributed by atoms with Crippen LogP contribution in [0, 0.1) is 0 Å². The molecular formula is C14H15BrN2O3S. The second kappa shape index (κ2) is 6.46. The van der Waals surface area contributed by atoms with Crippen LogP contribution in [-0.2, 0) is 16.6 Å². The molecule has 0 aliphatic heterocycles. The molecule has 7 heteroatoms. The van der Waals surface area contributed by atoms with Gasteiger partial charge in [0.25, 0.3) is 0 Å². The van der Waals surface area contributed by atoms with Crippen LogP contribution in [0.3, 0.4) is 0 Å². The van der Waals surface area contributed by atoms with Crippen LogP contribution in [0.25, 0.3) is 0 Å². The third-order valence-corrected chi connectivity index (χ3v) is 4.83. The number of nitrogens with one attached hydrogen (secondary N) is 1. The molecule has 0 aromatic heterocycles. The Morgan fingerprint density at radius 3 is 2.43 bits per heavy atom. The van der Waals surface area contributed by atoms with Crippen molar-refractivity contribution in [3.63, 3.8) is 0 Å². The molecule has 112 valence electrons. The lowest BCUT2D eigenvalue weighted by Gasteiger charge is -2.09. The molecule has 2 rings (SSSR count). The van der Waals surface area contributed by atoms with Crippen LogP contribution in [-0.4, -0.2) is 15.5 Å². The number of rotatable bonds is 5. The van der Waals surface area contributed by atoms with Crippen molar-refractivity contribution in [3.05, 3.63) is 52.5 Å². The van der Waals surface area contributed by atoms with Crippen molar-refractivity contribution < 1.29 is 13.2 Å². The van der Waals surface area contributed by atoms with E-state index in [4.69, 9.17) is 10.5 Å². The van der Waals surface area contributed by atoms with Gasteiger partial charge in [-0.25, -0.2) is 13.1 Å². The van der Waals surface area contributed by atoms with Crippen molar-refractivity contribution in [1.82, 2.24) is 4.72 Å². The summed E-state index contributed by atoms with van der Waals surface area (Å²) < 4.78 is 32.7. The highest BCUT2D eigenvalue weighted by molar-refractivity contribution is 9.10. The predicted molar refractivity (Wildman–Crippen MR) is 85.6 cm³/mol. The molecule has 2 aromatic carbocycles. The fraction of sp³-hybridized carbons (Fsp3) is 0.143. The third-order valence-electron chi connectivity index (χ3n) is 2.88. The Bertz CT molecular complexity index is 730. The Morgan fingerprint density at radius 2 is 1.86 bits per heavy atom. The zero-order valence-electron chi connectivity index (χ0n) is 11.3. The molecule has 0 bridgehead atoms. The van der Waals surface area contributed by atoms with E-state index in [0.29, 0.717) is 11.4 Å². The van der Waals surface area contributed by atoms with Gasteiger partial charge in [0, 0.05) is 11.0 Å². The highest BCUT2D eigenvalue weighted by atomic mass is 79.9. The number of ether oxygens (including phenoxy) is 1. The molecule has 0 radical (unpaired) electrons. The molecule has 21 heavy (non-hydrogen) atoms. The summed E-state index contributed by atoms with van der Waals surface area (Å²) in [5, 5.41) is 0. The Morgan fingerprint density at radius 1 is 1.19 bits per heavy atom. The Hall–Kier alpha value is -1.57. The van der Waals surface area contributed by atoms with E-state index in [-0.39, 0.29) is 11.4 Å². The molecule has 0 saturated carbocycles. The maximum absolute atomic E-state index is 12.1. The van der Waals surface area contributed by atoms with E-state index >= 15 is 0 Å². The van der Waals surface area contributed by atoms with E-state index in [1.54, 1.807) is 30.3 Å². The molecule has 0 fully saturated rings. The number of methoxy groups -OCH3 is 1. The average Bonchev–Trinajstić information content (AvgIpc) is 2.46. The number of nitrogen functional groups attached to an aromatic ring is 1. The topological polar surface area (TPSA) is 81.4 Å². The molecule has 0 heterocycles. The van der Waals surface area contributed by atoms with Crippen molar-refractivity contribution in [2.45, 2.75) is 11.4 Å². The third kappa shape index (κ3) is 3.96. The van der Waals surface area contributed by atoms with E-state index in [1.165, 1.54) is 19.2 Å². The lowest BCUT2D eigenvalue weighted by molar-refractivity contribution is 0.417. The molecule has 0 aliphatic carbocycles. The summed E-state index contributed by atoms with van der Waals surface area (Å²) in [4.78, 5) is 0.215. The van der Waals surface area contributed by atoms with E-state index in [2.05, 4.69) is 20.7 Å². The minimum absolute atomic E-state index is 0.159. The van der Waals surface area contributed by atoms with Crippen molar-refractivity contribution in [2.75, 3.05) is 12.8 Å². The predicted octanol–water partition coefficient (Wildman–Crippen LogP) is 2.52. The fourth-order valence-corrected chi connectivity index (χ4v) is 3.05. The summed E-state index contributed by atoms with van der Waals surface area (Å²) >= 11 is 3.27. The second-order valence-corrected chi connectivity index (χ2v) is 7.04. The summed E-state index contributed by atoms with van der Waals surface area (Å²) in [5.41, 5.74) is 7.02. The molecular weight excluding hydrogens is 356 g/mol. The van der Waals surface area contributed by atoms with Gasteiger partial charge in [0.05, 0.1) is 17.7 Å². The van der Waals surface area contributed by atoms with Gasteiger partial charge in [0.2, 0.25) is 10.0 Å². The normalized spacial score (nSPS) is 11.3. The summed E-state index contributed by atoms with van der Waals surface area (Å²) in [5.74, 6) is 0.564. The van der Waals surface area contributed by atoms with Crippen molar-refractivity contribution in [3.8, 4) is 5.75 Å². The average molecular weight is 371 g/mol. The van der Waals surface area contributed by atoms with Gasteiger partial charge in [-0.15, -0.1) is 0 Å². The van der Waals surface area contributed by atoms with Crippen LogP contribution in [0.5, 0.6) is 5.75 Å². The Labute approximate surface area is 132 Å². The highest BCUT2D eigenvalue weighted by Crippen LogP contribution is 2.22. The largest absolute Gasteiger partial charge is 0.495 e. The number of benzene rings is 2. The van der Waals surface area contributed by atoms with Crippen LogP contribution < -0.4 is 15.2 Å². The molecule has 0 spiro atoms. The summed E-state index contributed by atoms with van der Waals surface area (Å²) in [7, 11) is -2.02. The van der Waals surface area contributed by atoms with Gasteiger partial charge < -0.3 is 10.5 Å². The van der Waals surface area contributed by atoms with Gasteiger partial charge in [-0.1, -0.05) is 22.0 Å². The number of nitrogens with two attached hydrogens (primary N) is 1. The van der Waals surface area contributed by atoms with Gasteiger partial charge in [-0.2, -0.15) is 0 Å². The van der Waals surface area contributed by atoms with Crippen molar-refractivity contribution >= 4 is 31.6 Å². The van der Waals surface area contributed by atoms with Gasteiger partial charge in [-0.3, -0.25) is 0 Å². The standard InChI is InChI=1S/C14H15BrN2O3S/c1-20-14-7-2-10(8-13(14)16)9-17-21(18,19)12-5-3-11(15)4-6-12/h2-8,17H,9,16H2,1H3. The van der Waals surface area contributed by atoms with E-state index in [9.17, 15) is 8.42 Å². The van der Waals surface area contributed by atoms with Crippen LogP contribution in [0.4, 0.5) is 5.69 Å². The first-order valence-corrected chi connectivity index (χ1v) is 8.37. The molecule has 0 amide bonds. The van der Waals surface area contributed by atoms with E-state index in [0.717, 1.165) is 10.0 Å². The maximum Gasteiger partial charge on any atom is 0.240 e. The second-order valence-electron chi connectivity index (χ2n) is 4.35. The number of halogens is 1. The van der Waals surface area contributed by atoms with E-state index < -0.39 is 10.0 Å². The molecule has 0 unspecified atom stereocenters. The molecule has 3 N–H and O–H groups in total. The number of sulfonamides is 1. The summed E-state index contributed by atoms with van der Waals surface area (Å²) in [6.07, 6.45) is 0. The van der Waals surface area contributed by atoms with Gasteiger partial charge in [0.15, 0.2) is 0 Å². The van der Waals surface area contributed by atoms with Crippen LogP contribution in [0.2, 0.25) is 0 Å². The first-order valence-electron chi connectivity index (χ1n) is 6.10. The molecule has 0 atom stereocenters. The molecule has 0 saturated heterocycles. The number of anilines is 1. The Kier molecular flexibility index (Phi) is 4.87. The maximum atomic E-state index is 12.1. The lowest BCUT2D eigenvalue weighted by atomic mass is 10.2. The minimum atomic E-state index is -3.55. The number of hydrogen-bond acceptors (Lipinski definition) is 4. The summed E-state index contributed by atoms with van der Waals surface area (Å²) in [6.45, 7) is 0.159. The first kappa shape index (κ1) is 15.8. The van der Waals surface area contributed by atoms with Crippen LogP contribution in [0.15, 0.2) is 51.8 Å². The van der Waals surface area contributed by atoms with Crippen molar-refractivity contribution in [1.29, 1.82) is 0 Å². The van der Waals surface area contributed by atoms with Gasteiger partial charge in [0.1, 0.15) is 5.75 Å². The molecule has 2 aromatic rings. The molecule has 0 aliphatic rings. The smallest absolute Gasteiger partial charge is 0.240 e. The fourth-order valence-electron chi connectivity index (χ4n) is 1.77.